The number of hydrogen-bond acceptors (Lipinski definition) is 5. The maximum absolute atomic E-state index is 12.6. The molecule has 0 bridgehead atoms. The highest BCUT2D eigenvalue weighted by molar-refractivity contribution is 6.10. The topological polar surface area (TPSA) is 84.9 Å². The highest BCUT2D eigenvalue weighted by Gasteiger charge is 2.28. The molecule has 1 atom stereocenters. The Morgan fingerprint density at radius 2 is 1.77 bits per heavy atom. The number of nitrogens with one attached hydrogen (secondary N) is 1. The average molecular weight is 410 g/mol. The van der Waals surface area contributed by atoms with Gasteiger partial charge in [0.25, 0.3) is 5.91 Å². The molecule has 2 aromatic rings. The van der Waals surface area contributed by atoms with Crippen molar-refractivity contribution in [1.82, 2.24) is 0 Å². The fourth-order valence-electron chi connectivity index (χ4n) is 3.07. The third kappa shape index (κ3) is 4.97. The van der Waals surface area contributed by atoms with Crippen LogP contribution >= 0.6 is 0 Å². The summed E-state index contributed by atoms with van der Waals surface area (Å²) in [5, 5.41) is 2.71. The van der Waals surface area contributed by atoms with Gasteiger partial charge in [0.05, 0.1) is 11.4 Å². The Kier molecular flexibility index (Phi) is 6.10. The normalized spacial score (nSPS) is 14.4. The van der Waals surface area contributed by atoms with Gasteiger partial charge in [-0.1, -0.05) is 45.0 Å². The van der Waals surface area contributed by atoms with Crippen molar-refractivity contribution >= 4 is 29.2 Å². The van der Waals surface area contributed by atoms with Crippen LogP contribution in [0.2, 0.25) is 0 Å². The first-order valence-electron chi connectivity index (χ1n) is 9.78. The molecular weight excluding hydrogens is 384 g/mol. The molecule has 1 N–H and O–H groups in total. The first-order chi connectivity index (χ1) is 14.1. The lowest BCUT2D eigenvalue weighted by atomic mass is 9.87. The number of hydrogen-bond donors (Lipinski definition) is 1. The molecule has 2 aromatic carbocycles. The number of ether oxygens (including phenoxy) is 2. The predicted molar refractivity (Wildman–Crippen MR) is 114 cm³/mol. The van der Waals surface area contributed by atoms with Crippen LogP contribution in [0.25, 0.3) is 0 Å². The third-order valence-electron chi connectivity index (χ3n) is 4.77. The number of carbonyl (C=O) groups excluding carboxylic acids is 3. The molecule has 0 aromatic heterocycles. The van der Waals surface area contributed by atoms with E-state index >= 15 is 0 Å². The van der Waals surface area contributed by atoms with Gasteiger partial charge >= 0.3 is 5.97 Å². The molecule has 0 saturated heterocycles. The van der Waals surface area contributed by atoms with Crippen LogP contribution in [-0.2, 0) is 24.5 Å². The Labute approximate surface area is 176 Å². The summed E-state index contributed by atoms with van der Waals surface area (Å²) in [7, 11) is 0. The molecule has 0 radical (unpaired) electrons. The smallest absolute Gasteiger partial charge is 0.347 e. The van der Waals surface area contributed by atoms with E-state index in [9.17, 15) is 14.4 Å². The fourth-order valence-corrected chi connectivity index (χ4v) is 3.07. The van der Waals surface area contributed by atoms with Gasteiger partial charge in [-0.25, -0.2) is 4.79 Å². The molecule has 1 aliphatic heterocycles. The van der Waals surface area contributed by atoms with Gasteiger partial charge in [-0.15, -0.1) is 0 Å². The van der Waals surface area contributed by atoms with Crippen molar-refractivity contribution in [3.05, 3.63) is 54.1 Å². The summed E-state index contributed by atoms with van der Waals surface area (Å²) in [5.41, 5.74) is 2.29. The quantitative estimate of drug-likeness (QED) is 0.765. The van der Waals surface area contributed by atoms with Crippen molar-refractivity contribution in [1.29, 1.82) is 0 Å². The van der Waals surface area contributed by atoms with E-state index < -0.39 is 24.6 Å². The number of carbonyl (C=O) groups is 3. The van der Waals surface area contributed by atoms with E-state index in [2.05, 4.69) is 26.1 Å². The van der Waals surface area contributed by atoms with Crippen molar-refractivity contribution in [2.75, 3.05) is 23.4 Å². The number of rotatable bonds is 5. The summed E-state index contributed by atoms with van der Waals surface area (Å²) >= 11 is 0. The van der Waals surface area contributed by atoms with Crippen LogP contribution < -0.4 is 15.0 Å². The number of fused-ring (bicyclic) bond motifs is 1. The van der Waals surface area contributed by atoms with Crippen LogP contribution in [0.3, 0.4) is 0 Å². The second kappa shape index (κ2) is 8.57. The monoisotopic (exact) mass is 410 g/mol. The van der Waals surface area contributed by atoms with Crippen LogP contribution in [0.4, 0.5) is 11.4 Å². The molecule has 0 fully saturated rings. The molecule has 30 heavy (non-hydrogen) atoms. The van der Waals surface area contributed by atoms with Crippen LogP contribution in [0.15, 0.2) is 48.5 Å². The zero-order valence-electron chi connectivity index (χ0n) is 17.6. The van der Waals surface area contributed by atoms with E-state index in [1.165, 1.54) is 4.90 Å². The Hall–Kier alpha value is -3.35. The maximum atomic E-state index is 12.6. The molecule has 0 unspecified atom stereocenters. The number of nitrogens with zero attached hydrogens (tertiary/aromatic N) is 1. The molecule has 0 spiro atoms. The molecule has 2 amide bonds. The molecule has 7 heteroatoms. The molecule has 1 aliphatic rings. The molecular formula is C23H26N2O5. The minimum atomic E-state index is -0.879. The SMILES string of the molecule is C[C@H](Oc1ccc(C(C)(C)C)cc1)C(=O)OCC(=O)N1CC(=O)Nc2ccccc21. The van der Waals surface area contributed by atoms with Crippen molar-refractivity contribution in [3.8, 4) is 5.75 Å². The van der Waals surface area contributed by atoms with Gasteiger partial charge in [0.15, 0.2) is 12.7 Å². The summed E-state index contributed by atoms with van der Waals surface area (Å²) in [6.45, 7) is 7.31. The van der Waals surface area contributed by atoms with Gasteiger partial charge in [-0.2, -0.15) is 0 Å². The van der Waals surface area contributed by atoms with Gasteiger partial charge in [0.1, 0.15) is 12.3 Å². The first-order valence-corrected chi connectivity index (χ1v) is 9.78. The van der Waals surface area contributed by atoms with Crippen LogP contribution in [0, 0.1) is 0 Å². The lowest BCUT2D eigenvalue weighted by Gasteiger charge is -2.29. The van der Waals surface area contributed by atoms with Crippen molar-refractivity contribution in [2.24, 2.45) is 0 Å². The largest absolute Gasteiger partial charge is 0.479 e. The first kappa shape index (κ1) is 21.4. The highest BCUT2D eigenvalue weighted by atomic mass is 16.6. The highest BCUT2D eigenvalue weighted by Crippen LogP contribution is 2.29. The van der Waals surface area contributed by atoms with Crippen molar-refractivity contribution < 1.29 is 23.9 Å². The minimum Gasteiger partial charge on any atom is -0.479 e. The number of anilines is 2. The van der Waals surface area contributed by atoms with Gasteiger partial charge < -0.3 is 14.8 Å². The second-order valence-electron chi connectivity index (χ2n) is 8.19. The molecule has 7 nitrogen and oxygen atoms in total. The zero-order valence-corrected chi connectivity index (χ0v) is 17.6. The lowest BCUT2D eigenvalue weighted by Crippen LogP contribution is -2.44. The minimum absolute atomic E-state index is 0.0212. The Balaban J connectivity index is 1.56. The second-order valence-corrected chi connectivity index (χ2v) is 8.19. The Morgan fingerprint density at radius 3 is 2.43 bits per heavy atom. The zero-order chi connectivity index (χ0) is 21.9. The number of esters is 1. The Morgan fingerprint density at radius 1 is 1.10 bits per heavy atom. The van der Waals surface area contributed by atoms with E-state index in [0.717, 1.165) is 5.56 Å². The van der Waals surface area contributed by atoms with E-state index in [1.807, 2.05) is 12.1 Å². The van der Waals surface area contributed by atoms with E-state index in [0.29, 0.717) is 17.1 Å². The van der Waals surface area contributed by atoms with E-state index in [1.54, 1.807) is 43.3 Å². The molecule has 158 valence electrons. The third-order valence-corrected chi connectivity index (χ3v) is 4.77. The summed E-state index contributed by atoms with van der Waals surface area (Å²) in [6, 6.07) is 14.5. The standard InChI is InChI=1S/C23H26N2O5/c1-15(30-17-11-9-16(10-12-17)23(2,3)4)22(28)29-14-21(27)25-13-20(26)24-18-7-5-6-8-19(18)25/h5-12,15H,13-14H2,1-4H3,(H,24,26)/t15-/m0/s1. The van der Waals surface area contributed by atoms with Crippen LogP contribution in [0.5, 0.6) is 5.75 Å². The molecule has 1 heterocycles. The van der Waals surface area contributed by atoms with Gasteiger partial charge in [-0.3, -0.25) is 14.5 Å². The number of benzene rings is 2. The van der Waals surface area contributed by atoms with Gasteiger partial charge in [0, 0.05) is 0 Å². The van der Waals surface area contributed by atoms with Crippen LogP contribution in [-0.4, -0.2) is 37.0 Å². The molecule has 3 rings (SSSR count). The Bertz CT molecular complexity index is 947. The average Bonchev–Trinajstić information content (AvgIpc) is 2.70. The summed E-state index contributed by atoms with van der Waals surface area (Å²) in [5.74, 6) is -0.894. The van der Waals surface area contributed by atoms with Crippen LogP contribution in [0.1, 0.15) is 33.3 Å². The van der Waals surface area contributed by atoms with Gasteiger partial charge in [-0.05, 0) is 42.2 Å². The number of amides is 2. The molecule has 0 aliphatic carbocycles. The summed E-state index contributed by atoms with van der Waals surface area (Å²) < 4.78 is 10.8. The summed E-state index contributed by atoms with van der Waals surface area (Å²) in [4.78, 5) is 38.0. The van der Waals surface area contributed by atoms with Crippen molar-refractivity contribution in [3.63, 3.8) is 0 Å². The van der Waals surface area contributed by atoms with E-state index in [-0.39, 0.29) is 17.9 Å². The van der Waals surface area contributed by atoms with Gasteiger partial charge in [0.2, 0.25) is 5.91 Å². The fraction of sp³-hybridized carbons (Fsp3) is 0.348. The van der Waals surface area contributed by atoms with E-state index in [4.69, 9.17) is 9.47 Å². The predicted octanol–water partition coefficient (Wildman–Crippen LogP) is 3.28. The number of para-hydroxylation sites is 2. The lowest BCUT2D eigenvalue weighted by molar-refractivity contribution is -0.154. The molecule has 0 saturated carbocycles. The summed E-state index contributed by atoms with van der Waals surface area (Å²) in [6.07, 6.45) is -0.879. The maximum Gasteiger partial charge on any atom is 0.347 e. The van der Waals surface area contributed by atoms with Crippen molar-refractivity contribution in [2.45, 2.75) is 39.2 Å².